The minimum Gasteiger partial charge on any atom is -0.481 e. The fraction of sp³-hybridized carbons (Fsp3) is 0.444. The van der Waals surface area contributed by atoms with Gasteiger partial charge in [-0.15, -0.1) is 0 Å². The fourth-order valence-electron chi connectivity index (χ4n) is 3.62. The lowest BCUT2D eigenvalue weighted by molar-refractivity contribution is -0.157. The van der Waals surface area contributed by atoms with Crippen LogP contribution in [-0.2, 0) is 29.1 Å². The highest BCUT2D eigenvalue weighted by molar-refractivity contribution is 7.89. The third kappa shape index (κ3) is 7.27. The van der Waals surface area contributed by atoms with Crippen molar-refractivity contribution in [1.29, 1.82) is 0 Å². The Morgan fingerprint density at radius 1 is 0.923 bits per heavy atom. The molecule has 0 aromatic heterocycles. The molecule has 2 aromatic carbocycles. The van der Waals surface area contributed by atoms with E-state index >= 15 is 0 Å². The molecule has 3 rings (SSSR count). The molecule has 0 bridgehead atoms. The second-order valence-electron chi connectivity index (χ2n) is 11.0. The molecule has 0 radical (unpaired) electrons. The maximum Gasteiger partial charge on any atom is 0.344 e. The van der Waals surface area contributed by atoms with Crippen LogP contribution in [0.4, 0.5) is 5.69 Å². The molecule has 1 heterocycles. The first-order valence-corrected chi connectivity index (χ1v) is 13.6. The first-order valence-electron chi connectivity index (χ1n) is 12.1. The maximum absolute atomic E-state index is 14.0. The first-order chi connectivity index (χ1) is 17.9. The van der Waals surface area contributed by atoms with Crippen LogP contribution in [0.3, 0.4) is 0 Å². The molecule has 0 spiro atoms. The zero-order valence-corrected chi connectivity index (χ0v) is 24.2. The number of anilines is 1. The van der Waals surface area contributed by atoms with E-state index in [-0.39, 0.29) is 33.4 Å². The SMILES string of the molecule is CN(C)S(=O)(=O)c1ccc2c(c1)N(CC(=O)OC(C)(C)C)C(=O)c1c(OCC(=O)OC(C)(C)C)cccc1O2. The molecule has 1 aliphatic heterocycles. The lowest BCUT2D eigenvalue weighted by Crippen LogP contribution is -2.39. The van der Waals surface area contributed by atoms with Crippen molar-refractivity contribution in [2.45, 2.75) is 57.6 Å². The Bertz CT molecular complexity index is 1390. The van der Waals surface area contributed by atoms with Crippen molar-refractivity contribution in [3.63, 3.8) is 0 Å². The number of nitrogens with zero attached hydrogens (tertiary/aromatic N) is 2. The molecule has 0 aliphatic carbocycles. The Labute approximate surface area is 228 Å². The Morgan fingerprint density at radius 2 is 1.54 bits per heavy atom. The van der Waals surface area contributed by atoms with Crippen molar-refractivity contribution in [3.05, 3.63) is 42.0 Å². The predicted octanol–water partition coefficient (Wildman–Crippen LogP) is 3.75. The smallest absolute Gasteiger partial charge is 0.344 e. The minimum absolute atomic E-state index is 0.0199. The number of hydrogen-bond donors (Lipinski definition) is 0. The largest absolute Gasteiger partial charge is 0.481 e. The van der Waals surface area contributed by atoms with E-state index in [2.05, 4.69) is 0 Å². The Balaban J connectivity index is 2.10. The molecule has 11 nitrogen and oxygen atoms in total. The monoisotopic (exact) mass is 562 g/mol. The molecular weight excluding hydrogens is 528 g/mol. The lowest BCUT2D eigenvalue weighted by atomic mass is 10.1. The van der Waals surface area contributed by atoms with Gasteiger partial charge in [-0.1, -0.05) is 6.07 Å². The minimum atomic E-state index is -3.88. The number of amides is 1. The van der Waals surface area contributed by atoms with Gasteiger partial charge in [-0.25, -0.2) is 17.5 Å². The van der Waals surface area contributed by atoms with E-state index in [1.165, 1.54) is 44.4 Å². The molecule has 1 aliphatic rings. The second-order valence-corrected chi connectivity index (χ2v) is 13.2. The molecule has 0 atom stereocenters. The van der Waals surface area contributed by atoms with E-state index in [1.54, 1.807) is 47.6 Å². The summed E-state index contributed by atoms with van der Waals surface area (Å²) >= 11 is 0. The molecule has 0 saturated heterocycles. The topological polar surface area (TPSA) is 129 Å². The van der Waals surface area contributed by atoms with Crippen molar-refractivity contribution in [2.24, 2.45) is 0 Å². The van der Waals surface area contributed by atoms with Crippen LogP contribution in [-0.4, -0.2) is 69.0 Å². The van der Waals surface area contributed by atoms with Gasteiger partial charge in [-0.3, -0.25) is 14.5 Å². The standard InChI is InChI=1S/C27H34N2O9S/c1-26(2,3)37-22(30)15-29-18-14-17(39(33,34)28(7)8)12-13-19(18)36-21-11-9-10-20(24(21)25(29)32)35-16-23(31)38-27(4,5)6/h9-14H,15-16H2,1-8H3. The quantitative estimate of drug-likeness (QED) is 0.463. The fourth-order valence-corrected chi connectivity index (χ4v) is 4.55. The zero-order valence-electron chi connectivity index (χ0n) is 23.4. The number of sulfonamides is 1. The molecule has 39 heavy (non-hydrogen) atoms. The van der Waals surface area contributed by atoms with E-state index in [0.29, 0.717) is 0 Å². The van der Waals surface area contributed by atoms with Crippen LogP contribution in [0.1, 0.15) is 51.9 Å². The van der Waals surface area contributed by atoms with Gasteiger partial charge in [0.25, 0.3) is 5.91 Å². The highest BCUT2D eigenvalue weighted by Crippen LogP contribution is 2.43. The molecule has 0 saturated carbocycles. The van der Waals surface area contributed by atoms with Gasteiger partial charge < -0.3 is 18.9 Å². The van der Waals surface area contributed by atoms with E-state index in [4.69, 9.17) is 18.9 Å². The van der Waals surface area contributed by atoms with Gasteiger partial charge in [0, 0.05) is 14.1 Å². The molecule has 0 fully saturated rings. The number of carbonyl (C=O) groups excluding carboxylic acids is 3. The van der Waals surface area contributed by atoms with Crippen LogP contribution in [0.2, 0.25) is 0 Å². The summed E-state index contributed by atoms with van der Waals surface area (Å²) in [6, 6.07) is 8.60. The van der Waals surface area contributed by atoms with Crippen molar-refractivity contribution < 1.29 is 41.7 Å². The summed E-state index contributed by atoms with van der Waals surface area (Å²) in [7, 11) is -1.12. The molecule has 12 heteroatoms. The Kier molecular flexibility index (Phi) is 8.32. The van der Waals surface area contributed by atoms with Gasteiger partial charge in [0.1, 0.15) is 34.8 Å². The van der Waals surface area contributed by atoms with E-state index < -0.39 is 52.2 Å². The van der Waals surface area contributed by atoms with Gasteiger partial charge in [0.05, 0.1) is 10.6 Å². The summed E-state index contributed by atoms with van der Waals surface area (Å²) < 4.78 is 49.1. The third-order valence-electron chi connectivity index (χ3n) is 5.14. The van der Waals surface area contributed by atoms with Crippen LogP contribution >= 0.6 is 0 Å². The number of hydrogen-bond acceptors (Lipinski definition) is 9. The molecular formula is C27H34N2O9S. The van der Waals surface area contributed by atoms with Crippen molar-refractivity contribution in [2.75, 3.05) is 32.1 Å². The third-order valence-corrected chi connectivity index (χ3v) is 6.95. The van der Waals surface area contributed by atoms with Gasteiger partial charge in [0.15, 0.2) is 12.4 Å². The van der Waals surface area contributed by atoms with Crippen LogP contribution in [0.25, 0.3) is 0 Å². The van der Waals surface area contributed by atoms with Crippen LogP contribution in [0.5, 0.6) is 17.2 Å². The maximum atomic E-state index is 14.0. The zero-order chi connectivity index (χ0) is 29.3. The Hall–Kier alpha value is -3.64. The van der Waals surface area contributed by atoms with E-state index in [9.17, 15) is 22.8 Å². The van der Waals surface area contributed by atoms with Gasteiger partial charge >= 0.3 is 11.9 Å². The van der Waals surface area contributed by atoms with Gasteiger partial charge in [-0.05, 0) is 71.9 Å². The Morgan fingerprint density at radius 3 is 2.13 bits per heavy atom. The molecule has 0 unspecified atom stereocenters. The second kappa shape index (κ2) is 10.9. The summed E-state index contributed by atoms with van der Waals surface area (Å²) in [5.74, 6) is -1.83. The summed E-state index contributed by atoms with van der Waals surface area (Å²) in [6.07, 6.45) is 0. The number of ether oxygens (including phenoxy) is 4. The predicted molar refractivity (Wildman–Crippen MR) is 143 cm³/mol. The van der Waals surface area contributed by atoms with Crippen LogP contribution in [0, 0.1) is 0 Å². The molecule has 2 aromatic rings. The highest BCUT2D eigenvalue weighted by atomic mass is 32.2. The lowest BCUT2D eigenvalue weighted by Gasteiger charge is -2.25. The van der Waals surface area contributed by atoms with Crippen molar-refractivity contribution in [1.82, 2.24) is 4.31 Å². The highest BCUT2D eigenvalue weighted by Gasteiger charge is 2.35. The number of fused-ring (bicyclic) bond motifs is 2. The van der Waals surface area contributed by atoms with E-state index in [0.717, 1.165) is 9.21 Å². The van der Waals surface area contributed by atoms with Crippen LogP contribution < -0.4 is 14.4 Å². The summed E-state index contributed by atoms with van der Waals surface area (Å²) in [5, 5.41) is 0. The number of rotatable bonds is 7. The molecule has 0 N–H and O–H groups in total. The molecule has 212 valence electrons. The summed E-state index contributed by atoms with van der Waals surface area (Å²) in [4.78, 5) is 40.1. The van der Waals surface area contributed by atoms with Gasteiger partial charge in [-0.2, -0.15) is 0 Å². The van der Waals surface area contributed by atoms with Gasteiger partial charge in [0.2, 0.25) is 10.0 Å². The summed E-state index contributed by atoms with van der Waals surface area (Å²) in [5.41, 5.74) is -1.58. The molecule has 1 amide bonds. The average Bonchev–Trinajstić information content (AvgIpc) is 2.89. The van der Waals surface area contributed by atoms with Crippen LogP contribution in [0.15, 0.2) is 41.3 Å². The number of benzene rings is 2. The normalized spacial score (nSPS) is 13.7. The average molecular weight is 563 g/mol. The first kappa shape index (κ1) is 29.9. The van der Waals surface area contributed by atoms with Crippen molar-refractivity contribution >= 4 is 33.6 Å². The number of carbonyl (C=O) groups is 3. The van der Waals surface area contributed by atoms with Crippen molar-refractivity contribution in [3.8, 4) is 17.2 Å². The number of esters is 2. The summed E-state index contributed by atoms with van der Waals surface area (Å²) in [6.45, 7) is 9.18. The van der Waals surface area contributed by atoms with E-state index in [1.807, 2.05) is 0 Å².